The van der Waals surface area contributed by atoms with Crippen LogP contribution in [0.2, 0.25) is 0 Å². The second kappa shape index (κ2) is 19.6. The molecule has 0 saturated carbocycles. The van der Waals surface area contributed by atoms with Gasteiger partial charge in [0, 0.05) is 25.9 Å². The molecule has 0 aromatic carbocycles. The monoisotopic (exact) mass is 470 g/mol. The third kappa shape index (κ3) is 22.0. The highest BCUT2D eigenvalue weighted by Gasteiger charge is 2.18. The Bertz CT molecular complexity index is 632. The molecule has 1 unspecified atom stereocenters. The lowest BCUT2D eigenvalue weighted by Crippen LogP contribution is -2.49. The highest BCUT2D eigenvalue weighted by Crippen LogP contribution is 2.08. The Balaban J connectivity index is 4.01. The van der Waals surface area contributed by atoms with Crippen LogP contribution in [0.3, 0.4) is 0 Å². The predicted molar refractivity (Wildman–Crippen MR) is 129 cm³/mol. The van der Waals surface area contributed by atoms with Crippen molar-refractivity contribution in [3.63, 3.8) is 0 Å². The van der Waals surface area contributed by atoms with Crippen molar-refractivity contribution >= 4 is 29.7 Å². The number of carbonyl (C=O) groups excluding carboxylic acids is 2. The summed E-state index contributed by atoms with van der Waals surface area (Å²) in [6.45, 7) is 1.18. The van der Waals surface area contributed by atoms with Gasteiger partial charge in [-0.25, -0.2) is 0 Å². The lowest BCUT2D eigenvalue weighted by molar-refractivity contribution is -0.138. The van der Waals surface area contributed by atoms with Crippen LogP contribution in [-0.2, 0) is 14.4 Å². The summed E-state index contributed by atoms with van der Waals surface area (Å²) in [7, 11) is 0. The Morgan fingerprint density at radius 1 is 0.636 bits per heavy atom. The summed E-state index contributed by atoms with van der Waals surface area (Å²) in [5.41, 5.74) is 21.0. The van der Waals surface area contributed by atoms with Gasteiger partial charge >= 0.3 is 5.97 Å². The van der Waals surface area contributed by atoms with E-state index < -0.39 is 12.1 Å². The number of hydrogen-bond acceptors (Lipinski definition) is 5. The van der Waals surface area contributed by atoms with E-state index >= 15 is 0 Å². The fourth-order valence-corrected chi connectivity index (χ4v) is 3.12. The van der Waals surface area contributed by atoms with Crippen molar-refractivity contribution in [2.75, 3.05) is 13.1 Å². The van der Waals surface area contributed by atoms with Crippen molar-refractivity contribution < 1.29 is 19.5 Å². The van der Waals surface area contributed by atoms with Gasteiger partial charge in [0.05, 0.1) is 6.42 Å². The number of carbonyl (C=O) groups is 3. The third-order valence-electron chi connectivity index (χ3n) is 4.76. The highest BCUT2D eigenvalue weighted by atomic mass is 16.4. The zero-order valence-corrected chi connectivity index (χ0v) is 19.6. The number of hydrogen-bond donors (Lipinski definition) is 7. The molecular formula is C21H42N8O4. The maximum Gasteiger partial charge on any atom is 0.307 e. The highest BCUT2D eigenvalue weighted by molar-refractivity contribution is 5.80. The van der Waals surface area contributed by atoms with Crippen LogP contribution in [0.15, 0.2) is 9.98 Å². The first-order valence-corrected chi connectivity index (χ1v) is 11.6. The van der Waals surface area contributed by atoms with E-state index in [0.29, 0.717) is 25.9 Å². The summed E-state index contributed by atoms with van der Waals surface area (Å²) in [5.74, 6) is -1.48. The molecule has 0 heterocycles. The van der Waals surface area contributed by atoms with E-state index in [-0.39, 0.29) is 43.0 Å². The van der Waals surface area contributed by atoms with Crippen LogP contribution in [0.1, 0.15) is 83.5 Å². The summed E-state index contributed by atoms with van der Waals surface area (Å²) in [6, 6.07) is 0. The Hall–Kier alpha value is -3.05. The van der Waals surface area contributed by atoms with E-state index in [1.807, 2.05) is 0 Å². The van der Waals surface area contributed by atoms with Crippen molar-refractivity contribution in [3.05, 3.63) is 0 Å². The number of rotatable bonds is 20. The standard InChI is InChI=1S/C21H42N8O4/c22-20(23)26-13-9-5-2-1-3-7-11-17(30)28-16(15-19(32)33)29-18(31)12-8-4-6-10-14-27-21(24)25/h16H,1-15H2,(H,28,30)(H,29,31)(H,32,33)(H4,22,23,26)(H4,24,25,27). The van der Waals surface area contributed by atoms with Gasteiger partial charge in [-0.05, 0) is 25.7 Å². The lowest BCUT2D eigenvalue weighted by atomic mass is 10.1. The number of carboxylic acid groups (broad SMARTS) is 1. The maximum atomic E-state index is 12.1. The van der Waals surface area contributed by atoms with E-state index in [0.717, 1.165) is 51.4 Å². The van der Waals surface area contributed by atoms with Crippen LogP contribution in [-0.4, -0.2) is 54.1 Å². The number of nitrogens with two attached hydrogens (primary N) is 4. The average Bonchev–Trinajstić information content (AvgIpc) is 2.70. The summed E-state index contributed by atoms with van der Waals surface area (Å²) in [6.07, 6.45) is 8.04. The number of carboxylic acids is 1. The Labute approximate surface area is 196 Å². The number of unbranched alkanes of at least 4 members (excludes halogenated alkanes) is 8. The van der Waals surface area contributed by atoms with Crippen LogP contribution in [0.4, 0.5) is 0 Å². The first-order valence-electron chi connectivity index (χ1n) is 11.6. The molecule has 12 heteroatoms. The molecule has 33 heavy (non-hydrogen) atoms. The van der Waals surface area contributed by atoms with Crippen LogP contribution in [0, 0.1) is 0 Å². The molecule has 190 valence electrons. The first-order chi connectivity index (χ1) is 15.7. The van der Waals surface area contributed by atoms with Crippen LogP contribution >= 0.6 is 0 Å². The molecule has 0 aliphatic carbocycles. The van der Waals surface area contributed by atoms with Gasteiger partial charge in [0.15, 0.2) is 11.9 Å². The summed E-state index contributed by atoms with van der Waals surface area (Å²) in [5, 5.41) is 14.3. The lowest BCUT2D eigenvalue weighted by Gasteiger charge is -2.18. The minimum atomic E-state index is -1.10. The van der Waals surface area contributed by atoms with Crippen molar-refractivity contribution in [1.82, 2.24) is 10.6 Å². The van der Waals surface area contributed by atoms with Crippen molar-refractivity contribution in [2.45, 2.75) is 89.6 Å². The van der Waals surface area contributed by atoms with E-state index in [4.69, 9.17) is 28.0 Å². The fourth-order valence-electron chi connectivity index (χ4n) is 3.12. The van der Waals surface area contributed by atoms with Crippen LogP contribution in [0.5, 0.6) is 0 Å². The molecule has 0 spiro atoms. The Morgan fingerprint density at radius 3 is 1.36 bits per heavy atom. The van der Waals surface area contributed by atoms with Gasteiger partial charge in [-0.15, -0.1) is 0 Å². The molecule has 0 fully saturated rings. The van der Waals surface area contributed by atoms with Crippen LogP contribution < -0.4 is 33.6 Å². The smallest absolute Gasteiger partial charge is 0.307 e. The minimum Gasteiger partial charge on any atom is -0.481 e. The third-order valence-corrected chi connectivity index (χ3v) is 4.76. The largest absolute Gasteiger partial charge is 0.481 e. The molecular weight excluding hydrogens is 428 g/mol. The molecule has 2 amide bonds. The molecule has 0 aliphatic rings. The van der Waals surface area contributed by atoms with Gasteiger partial charge in [0.1, 0.15) is 6.17 Å². The molecule has 0 bridgehead atoms. The van der Waals surface area contributed by atoms with Crippen molar-refractivity contribution in [2.24, 2.45) is 32.9 Å². The number of aliphatic carboxylic acids is 1. The normalized spacial score (nSPS) is 11.3. The second-order valence-electron chi connectivity index (χ2n) is 7.93. The Kier molecular flexibility index (Phi) is 17.8. The van der Waals surface area contributed by atoms with Gasteiger partial charge in [-0.3, -0.25) is 24.4 Å². The summed E-state index contributed by atoms with van der Waals surface area (Å²) < 4.78 is 0. The van der Waals surface area contributed by atoms with Gasteiger partial charge in [0.25, 0.3) is 0 Å². The SMILES string of the molecule is NC(N)=NCCCCCCCCC(=O)NC(CC(=O)O)NC(=O)CCCCCCN=C(N)N. The van der Waals surface area contributed by atoms with Crippen LogP contribution in [0.25, 0.3) is 0 Å². The molecule has 11 N–H and O–H groups in total. The molecule has 1 atom stereocenters. The van der Waals surface area contributed by atoms with Crippen molar-refractivity contribution in [1.29, 1.82) is 0 Å². The average molecular weight is 471 g/mol. The molecule has 0 radical (unpaired) electrons. The number of nitrogens with one attached hydrogen (secondary N) is 2. The van der Waals surface area contributed by atoms with E-state index in [2.05, 4.69) is 20.6 Å². The molecule has 0 aromatic heterocycles. The maximum absolute atomic E-state index is 12.1. The molecule has 0 aliphatic heterocycles. The van der Waals surface area contributed by atoms with E-state index in [1.165, 1.54) is 0 Å². The molecule has 12 nitrogen and oxygen atoms in total. The van der Waals surface area contributed by atoms with Gasteiger partial charge in [-0.1, -0.05) is 38.5 Å². The van der Waals surface area contributed by atoms with Gasteiger partial charge < -0.3 is 38.7 Å². The zero-order chi connectivity index (χ0) is 24.9. The molecule has 0 aromatic rings. The Morgan fingerprint density at radius 2 is 1.00 bits per heavy atom. The number of guanidine groups is 2. The summed E-state index contributed by atoms with van der Waals surface area (Å²) in [4.78, 5) is 43.1. The van der Waals surface area contributed by atoms with E-state index in [1.54, 1.807) is 0 Å². The zero-order valence-electron chi connectivity index (χ0n) is 19.6. The first kappa shape index (κ1) is 29.9. The van der Waals surface area contributed by atoms with Crippen molar-refractivity contribution in [3.8, 4) is 0 Å². The van der Waals surface area contributed by atoms with Gasteiger partial charge in [-0.2, -0.15) is 0 Å². The minimum absolute atomic E-state index is 0.0666. The molecule has 0 rings (SSSR count). The van der Waals surface area contributed by atoms with Gasteiger partial charge in [0.2, 0.25) is 11.8 Å². The number of amides is 2. The topological polar surface area (TPSA) is 224 Å². The fraction of sp³-hybridized carbons (Fsp3) is 0.762. The number of aliphatic imine (C=N–C) groups is 2. The quantitative estimate of drug-likeness (QED) is 0.0563. The number of nitrogens with zero attached hydrogens (tertiary/aromatic N) is 2. The molecule has 0 saturated heterocycles. The van der Waals surface area contributed by atoms with E-state index in [9.17, 15) is 14.4 Å². The predicted octanol–water partition coefficient (Wildman–Crippen LogP) is 0.248. The second-order valence-corrected chi connectivity index (χ2v) is 7.93. The summed E-state index contributed by atoms with van der Waals surface area (Å²) >= 11 is 0.